The van der Waals surface area contributed by atoms with E-state index in [1.54, 1.807) is 19.3 Å². The third-order valence-corrected chi connectivity index (χ3v) is 5.89. The average Bonchev–Trinajstić information content (AvgIpc) is 2.27. The topological polar surface area (TPSA) is 24.1 Å². The highest BCUT2D eigenvalue weighted by molar-refractivity contribution is 5.07. The van der Waals surface area contributed by atoms with Crippen molar-refractivity contribution >= 4 is 0 Å². The van der Waals surface area contributed by atoms with E-state index in [1.807, 2.05) is 0 Å². The maximum absolute atomic E-state index is 4.12. The first-order valence-electron chi connectivity index (χ1n) is 7.80. The molecule has 4 saturated carbocycles. The fourth-order valence-corrected chi connectivity index (χ4v) is 5.69. The van der Waals surface area contributed by atoms with E-state index >= 15 is 0 Å². The van der Waals surface area contributed by atoms with Gasteiger partial charge in [-0.05, 0) is 82.2 Å². The maximum atomic E-state index is 4.12. The summed E-state index contributed by atoms with van der Waals surface area (Å²) >= 11 is 0. The minimum atomic E-state index is 0.580. The van der Waals surface area contributed by atoms with Gasteiger partial charge in [0.15, 0.2) is 0 Å². The largest absolute Gasteiger partial charge is 0.317 e. The molecule has 0 aromatic heterocycles. The molecule has 2 N–H and O–H groups in total. The Balaban J connectivity index is 1.48. The first-order chi connectivity index (χ1) is 8.31. The standard InChI is InChI=1S/C15H26N2/c1-3-16-4-2-14(1)17-15-8-11-5-12(9-15)7-13(6-11)10-15/h11-14,16-17H,1-10H2. The number of nitrogens with one attached hydrogen (secondary N) is 2. The van der Waals surface area contributed by atoms with E-state index in [-0.39, 0.29) is 0 Å². The van der Waals surface area contributed by atoms with Crippen LogP contribution < -0.4 is 10.6 Å². The minimum absolute atomic E-state index is 0.580. The highest BCUT2D eigenvalue weighted by atomic mass is 15.0. The maximum Gasteiger partial charge on any atom is 0.0192 e. The van der Waals surface area contributed by atoms with Crippen LogP contribution in [0.3, 0.4) is 0 Å². The fourth-order valence-electron chi connectivity index (χ4n) is 5.69. The van der Waals surface area contributed by atoms with Crippen molar-refractivity contribution < 1.29 is 0 Å². The predicted octanol–water partition coefficient (Wildman–Crippen LogP) is 2.30. The van der Waals surface area contributed by atoms with Crippen LogP contribution in [-0.4, -0.2) is 24.7 Å². The number of rotatable bonds is 2. The fraction of sp³-hybridized carbons (Fsp3) is 1.00. The lowest BCUT2D eigenvalue weighted by molar-refractivity contribution is -0.0268. The Labute approximate surface area is 105 Å². The Hall–Kier alpha value is -0.0800. The van der Waals surface area contributed by atoms with Crippen molar-refractivity contribution in [2.75, 3.05) is 13.1 Å². The number of piperidine rings is 1. The monoisotopic (exact) mass is 234 g/mol. The van der Waals surface area contributed by atoms with E-state index in [0.29, 0.717) is 5.54 Å². The molecule has 1 aliphatic heterocycles. The molecule has 0 aromatic carbocycles. The molecule has 0 aromatic rings. The van der Waals surface area contributed by atoms with Gasteiger partial charge >= 0.3 is 0 Å². The second-order valence-corrected chi connectivity index (χ2v) is 7.37. The van der Waals surface area contributed by atoms with Gasteiger partial charge in [-0.1, -0.05) is 0 Å². The Morgan fingerprint density at radius 1 is 0.824 bits per heavy atom. The predicted molar refractivity (Wildman–Crippen MR) is 69.9 cm³/mol. The molecular weight excluding hydrogens is 208 g/mol. The van der Waals surface area contributed by atoms with Crippen molar-refractivity contribution in [3.8, 4) is 0 Å². The highest BCUT2D eigenvalue weighted by Gasteiger charge is 2.51. The summed E-state index contributed by atoms with van der Waals surface area (Å²) in [5.74, 6) is 3.24. The summed E-state index contributed by atoms with van der Waals surface area (Å²) in [4.78, 5) is 0. The Morgan fingerprint density at radius 3 is 1.88 bits per heavy atom. The van der Waals surface area contributed by atoms with Gasteiger partial charge in [0.1, 0.15) is 0 Å². The molecular formula is C15H26N2. The summed E-state index contributed by atoms with van der Waals surface area (Å²) in [6.07, 6.45) is 11.9. The zero-order chi connectivity index (χ0) is 11.3. The van der Waals surface area contributed by atoms with Crippen LogP contribution in [0.25, 0.3) is 0 Å². The summed E-state index contributed by atoms with van der Waals surface area (Å²) in [7, 11) is 0. The van der Waals surface area contributed by atoms with E-state index in [0.717, 1.165) is 23.8 Å². The molecule has 4 aliphatic carbocycles. The molecule has 5 fully saturated rings. The molecule has 0 spiro atoms. The van der Waals surface area contributed by atoms with Crippen molar-refractivity contribution in [3.63, 3.8) is 0 Å². The molecule has 0 atom stereocenters. The van der Waals surface area contributed by atoms with Gasteiger partial charge in [-0.2, -0.15) is 0 Å². The smallest absolute Gasteiger partial charge is 0.0192 e. The summed E-state index contributed by atoms with van der Waals surface area (Å²) in [6.45, 7) is 2.45. The molecule has 0 radical (unpaired) electrons. The lowest BCUT2D eigenvalue weighted by Gasteiger charge is -2.58. The lowest BCUT2D eigenvalue weighted by Crippen LogP contribution is -2.61. The van der Waals surface area contributed by atoms with E-state index in [4.69, 9.17) is 0 Å². The molecule has 0 unspecified atom stereocenters. The molecule has 1 heterocycles. The molecule has 2 nitrogen and oxygen atoms in total. The zero-order valence-electron chi connectivity index (χ0n) is 10.9. The Kier molecular flexibility index (Phi) is 2.52. The molecule has 96 valence electrons. The van der Waals surface area contributed by atoms with Crippen molar-refractivity contribution in [2.45, 2.75) is 62.9 Å². The Bertz CT molecular complexity index is 258. The van der Waals surface area contributed by atoms with Crippen LogP contribution >= 0.6 is 0 Å². The van der Waals surface area contributed by atoms with Gasteiger partial charge in [0.2, 0.25) is 0 Å². The van der Waals surface area contributed by atoms with Gasteiger partial charge in [0.05, 0.1) is 0 Å². The van der Waals surface area contributed by atoms with Gasteiger partial charge in [-0.25, -0.2) is 0 Å². The van der Waals surface area contributed by atoms with E-state index < -0.39 is 0 Å². The van der Waals surface area contributed by atoms with Crippen LogP contribution in [0.1, 0.15) is 51.4 Å². The molecule has 17 heavy (non-hydrogen) atoms. The second-order valence-electron chi connectivity index (χ2n) is 7.37. The summed E-state index contributed by atoms with van der Waals surface area (Å²) < 4.78 is 0. The van der Waals surface area contributed by atoms with Crippen LogP contribution in [0.15, 0.2) is 0 Å². The third kappa shape index (κ3) is 1.94. The second kappa shape index (κ2) is 3.96. The summed E-state index contributed by atoms with van der Waals surface area (Å²) in [5, 5.41) is 7.61. The summed E-state index contributed by atoms with van der Waals surface area (Å²) in [5.41, 5.74) is 0.580. The van der Waals surface area contributed by atoms with Gasteiger partial charge in [-0.15, -0.1) is 0 Å². The molecule has 2 heteroatoms. The quantitative estimate of drug-likeness (QED) is 0.766. The molecule has 0 amide bonds. The number of hydrogen-bond donors (Lipinski definition) is 2. The van der Waals surface area contributed by atoms with Crippen LogP contribution in [0.4, 0.5) is 0 Å². The molecule has 5 aliphatic rings. The van der Waals surface area contributed by atoms with Crippen molar-refractivity contribution in [3.05, 3.63) is 0 Å². The number of hydrogen-bond acceptors (Lipinski definition) is 2. The van der Waals surface area contributed by atoms with E-state index in [1.165, 1.54) is 45.2 Å². The van der Waals surface area contributed by atoms with Crippen molar-refractivity contribution in [2.24, 2.45) is 17.8 Å². The Morgan fingerprint density at radius 2 is 1.35 bits per heavy atom. The molecule has 4 bridgehead atoms. The lowest BCUT2D eigenvalue weighted by atomic mass is 9.53. The van der Waals surface area contributed by atoms with Crippen LogP contribution in [-0.2, 0) is 0 Å². The van der Waals surface area contributed by atoms with E-state index in [2.05, 4.69) is 10.6 Å². The SMILES string of the molecule is C1CC(NC23CC4CC(CC(C4)C2)C3)CCN1. The first-order valence-corrected chi connectivity index (χ1v) is 7.80. The zero-order valence-corrected chi connectivity index (χ0v) is 10.9. The van der Waals surface area contributed by atoms with Gasteiger partial charge in [0.25, 0.3) is 0 Å². The normalized spacial score (nSPS) is 49.8. The van der Waals surface area contributed by atoms with Gasteiger partial charge in [-0.3, -0.25) is 0 Å². The summed E-state index contributed by atoms with van der Waals surface area (Å²) in [6, 6.07) is 0.812. The average molecular weight is 234 g/mol. The van der Waals surface area contributed by atoms with Gasteiger partial charge in [0, 0.05) is 11.6 Å². The van der Waals surface area contributed by atoms with Crippen LogP contribution in [0.2, 0.25) is 0 Å². The van der Waals surface area contributed by atoms with Gasteiger partial charge < -0.3 is 10.6 Å². The first kappa shape index (κ1) is 10.8. The third-order valence-electron chi connectivity index (χ3n) is 5.89. The molecule has 5 rings (SSSR count). The van der Waals surface area contributed by atoms with Crippen LogP contribution in [0.5, 0.6) is 0 Å². The van der Waals surface area contributed by atoms with Crippen molar-refractivity contribution in [1.29, 1.82) is 0 Å². The molecule has 1 saturated heterocycles. The van der Waals surface area contributed by atoms with Crippen molar-refractivity contribution in [1.82, 2.24) is 10.6 Å². The van der Waals surface area contributed by atoms with Crippen LogP contribution in [0, 0.1) is 17.8 Å². The van der Waals surface area contributed by atoms with E-state index in [9.17, 15) is 0 Å². The minimum Gasteiger partial charge on any atom is -0.317 e. The highest BCUT2D eigenvalue weighted by Crippen LogP contribution is 2.55.